The van der Waals surface area contributed by atoms with Crippen molar-refractivity contribution >= 4 is 34.2 Å². The third-order valence-electron chi connectivity index (χ3n) is 4.10. The molecule has 8 heteroatoms. The molecule has 0 saturated heterocycles. The largest absolute Gasteiger partial charge is 0.380 e. The summed E-state index contributed by atoms with van der Waals surface area (Å²) in [5.41, 5.74) is 8.69. The van der Waals surface area contributed by atoms with Crippen molar-refractivity contribution in [2.24, 2.45) is 0 Å². The van der Waals surface area contributed by atoms with Crippen molar-refractivity contribution in [2.45, 2.75) is 0 Å². The first kappa shape index (κ1) is 17.5. The second kappa shape index (κ2) is 6.99. The molecule has 0 aliphatic carbocycles. The summed E-state index contributed by atoms with van der Waals surface area (Å²) < 4.78 is 31.6. The fraction of sp³-hybridized carbons (Fsp3) is 0. The topological polar surface area (TPSA) is 93.2 Å². The molecule has 4 aromatic rings. The number of benzene rings is 3. The lowest BCUT2D eigenvalue weighted by atomic mass is 10.0. The predicted octanol–water partition coefficient (Wildman–Crippen LogP) is 5.00. The number of carbonyl (C=O) groups is 1. The van der Waals surface area contributed by atoms with Crippen LogP contribution in [0.2, 0.25) is 0 Å². The average Bonchev–Trinajstić information content (AvgIpc) is 3.03. The Morgan fingerprint density at radius 3 is 2.32 bits per heavy atom. The number of nitrogens with one attached hydrogen (secondary N) is 2. The van der Waals surface area contributed by atoms with Crippen molar-refractivity contribution in [1.29, 1.82) is 0 Å². The van der Waals surface area contributed by atoms with Crippen molar-refractivity contribution in [1.82, 2.24) is 5.16 Å². The predicted molar refractivity (Wildman–Crippen MR) is 103 cm³/mol. The van der Waals surface area contributed by atoms with E-state index in [1.54, 1.807) is 30.3 Å². The van der Waals surface area contributed by atoms with Crippen LogP contribution in [0.1, 0.15) is 0 Å². The maximum absolute atomic E-state index is 13.2. The van der Waals surface area contributed by atoms with Gasteiger partial charge in [-0.2, -0.15) is 0 Å². The summed E-state index contributed by atoms with van der Waals surface area (Å²) in [6.45, 7) is 0. The number of fused-ring (bicyclic) bond motifs is 1. The van der Waals surface area contributed by atoms with Gasteiger partial charge in [0.25, 0.3) is 0 Å². The maximum Gasteiger partial charge on any atom is 0.323 e. The van der Waals surface area contributed by atoms with E-state index in [9.17, 15) is 13.6 Å². The zero-order chi connectivity index (χ0) is 19.7. The van der Waals surface area contributed by atoms with E-state index < -0.39 is 17.7 Å². The first-order valence-electron chi connectivity index (χ1n) is 8.28. The lowest BCUT2D eigenvalue weighted by molar-refractivity contribution is 0.262. The number of hydrogen-bond acceptors (Lipinski definition) is 4. The molecule has 4 N–H and O–H groups in total. The van der Waals surface area contributed by atoms with Gasteiger partial charge < -0.3 is 20.9 Å². The summed E-state index contributed by atoms with van der Waals surface area (Å²) >= 11 is 0. The summed E-state index contributed by atoms with van der Waals surface area (Å²) in [6, 6.07) is 14.7. The lowest BCUT2D eigenvalue weighted by Gasteiger charge is -2.09. The zero-order valence-corrected chi connectivity index (χ0v) is 14.4. The summed E-state index contributed by atoms with van der Waals surface area (Å²) in [6.07, 6.45) is 0. The van der Waals surface area contributed by atoms with Crippen LogP contribution in [-0.4, -0.2) is 11.2 Å². The summed E-state index contributed by atoms with van der Waals surface area (Å²) in [5.74, 6) is -1.25. The molecule has 0 saturated carbocycles. The molecule has 3 aromatic carbocycles. The Kier molecular flexibility index (Phi) is 4.36. The number of halogens is 2. The maximum atomic E-state index is 13.2. The number of nitrogens with zero attached hydrogens (tertiary/aromatic N) is 1. The van der Waals surface area contributed by atoms with Gasteiger partial charge in [0, 0.05) is 17.4 Å². The van der Waals surface area contributed by atoms with Crippen molar-refractivity contribution in [2.75, 3.05) is 16.4 Å². The van der Waals surface area contributed by atoms with Crippen molar-refractivity contribution in [3.8, 4) is 11.1 Å². The Labute approximate surface area is 157 Å². The smallest absolute Gasteiger partial charge is 0.323 e. The van der Waals surface area contributed by atoms with Gasteiger partial charge in [-0.3, -0.25) is 0 Å². The Morgan fingerprint density at radius 2 is 1.61 bits per heavy atom. The second-order valence-corrected chi connectivity index (χ2v) is 6.06. The van der Waals surface area contributed by atoms with Gasteiger partial charge in [-0.25, -0.2) is 13.6 Å². The number of amides is 2. The molecule has 0 atom stereocenters. The minimum absolute atomic E-state index is 0.0150. The van der Waals surface area contributed by atoms with Crippen LogP contribution in [-0.2, 0) is 0 Å². The fourth-order valence-electron chi connectivity index (χ4n) is 2.91. The molecule has 140 valence electrons. The molecule has 1 aromatic heterocycles. The van der Waals surface area contributed by atoms with Crippen LogP contribution in [0.4, 0.5) is 30.8 Å². The normalized spacial score (nSPS) is 10.8. The Morgan fingerprint density at radius 1 is 0.929 bits per heavy atom. The van der Waals surface area contributed by atoms with Gasteiger partial charge in [-0.05, 0) is 41.5 Å². The molecule has 0 aliphatic heterocycles. The molecule has 4 rings (SSSR count). The van der Waals surface area contributed by atoms with Gasteiger partial charge in [0.2, 0.25) is 0 Å². The van der Waals surface area contributed by atoms with E-state index in [4.69, 9.17) is 10.3 Å². The van der Waals surface area contributed by atoms with E-state index in [1.165, 1.54) is 0 Å². The molecule has 0 aliphatic rings. The van der Waals surface area contributed by atoms with Crippen molar-refractivity contribution < 1.29 is 18.1 Å². The number of carbonyl (C=O) groups excluding carboxylic acids is 1. The number of nitrogens with two attached hydrogens (primary N) is 1. The molecule has 0 fully saturated rings. The first-order valence-corrected chi connectivity index (χ1v) is 8.28. The van der Waals surface area contributed by atoms with Gasteiger partial charge >= 0.3 is 6.03 Å². The van der Waals surface area contributed by atoms with Crippen LogP contribution in [0, 0.1) is 11.6 Å². The number of urea groups is 1. The van der Waals surface area contributed by atoms with E-state index >= 15 is 0 Å². The third kappa shape index (κ3) is 3.48. The minimum atomic E-state index is -0.776. The minimum Gasteiger partial charge on any atom is -0.380 e. The van der Waals surface area contributed by atoms with E-state index in [0.717, 1.165) is 29.3 Å². The molecule has 2 amide bonds. The highest BCUT2D eigenvalue weighted by atomic mass is 19.1. The number of nitrogen functional groups attached to an aromatic ring is 1. The van der Waals surface area contributed by atoms with Crippen LogP contribution in [0.3, 0.4) is 0 Å². The number of aromatic nitrogens is 1. The zero-order valence-electron chi connectivity index (χ0n) is 14.4. The molecule has 1 heterocycles. The third-order valence-corrected chi connectivity index (χ3v) is 4.10. The summed E-state index contributed by atoms with van der Waals surface area (Å²) in [7, 11) is 0. The van der Waals surface area contributed by atoms with E-state index in [-0.39, 0.29) is 5.69 Å². The molecular formula is C20H14F2N4O2. The van der Waals surface area contributed by atoms with Crippen LogP contribution in [0.25, 0.3) is 22.1 Å². The van der Waals surface area contributed by atoms with Gasteiger partial charge in [-0.15, -0.1) is 0 Å². The molecule has 0 spiro atoms. The summed E-state index contributed by atoms with van der Waals surface area (Å²) in [4.78, 5) is 12.0. The van der Waals surface area contributed by atoms with Gasteiger partial charge in [-0.1, -0.05) is 29.4 Å². The van der Waals surface area contributed by atoms with Gasteiger partial charge in [0.1, 0.15) is 11.6 Å². The highest BCUT2D eigenvalue weighted by Gasteiger charge is 2.12. The molecule has 0 radical (unpaired) electrons. The molecule has 28 heavy (non-hydrogen) atoms. The monoisotopic (exact) mass is 380 g/mol. The van der Waals surface area contributed by atoms with E-state index in [1.807, 2.05) is 12.1 Å². The summed E-state index contributed by atoms with van der Waals surface area (Å²) in [5, 5.41) is 9.47. The van der Waals surface area contributed by atoms with Crippen LogP contribution in [0.5, 0.6) is 0 Å². The molecule has 0 bridgehead atoms. The Bertz CT molecular complexity index is 1150. The van der Waals surface area contributed by atoms with E-state index in [0.29, 0.717) is 22.5 Å². The highest BCUT2D eigenvalue weighted by Crippen LogP contribution is 2.32. The molecule has 6 nitrogen and oxygen atoms in total. The van der Waals surface area contributed by atoms with Crippen molar-refractivity contribution in [3.05, 3.63) is 72.3 Å². The van der Waals surface area contributed by atoms with Gasteiger partial charge in [0.15, 0.2) is 11.4 Å². The number of anilines is 3. The van der Waals surface area contributed by atoms with Crippen LogP contribution in [0.15, 0.2) is 65.2 Å². The average molecular weight is 380 g/mol. The second-order valence-electron chi connectivity index (χ2n) is 6.06. The quantitative estimate of drug-likeness (QED) is 0.466. The first-order chi connectivity index (χ1) is 13.5. The Balaban J connectivity index is 1.51. The fourth-order valence-corrected chi connectivity index (χ4v) is 2.91. The number of hydrogen-bond donors (Lipinski definition) is 3. The van der Waals surface area contributed by atoms with Crippen molar-refractivity contribution in [3.63, 3.8) is 0 Å². The van der Waals surface area contributed by atoms with Crippen LogP contribution < -0.4 is 16.4 Å². The SMILES string of the molecule is Nc1noc2cccc(-c3ccc(NC(=O)Nc4cc(F)cc(F)c4)cc3)c12. The van der Waals surface area contributed by atoms with E-state index in [2.05, 4.69) is 15.8 Å². The number of rotatable bonds is 3. The van der Waals surface area contributed by atoms with Gasteiger partial charge in [0.05, 0.1) is 5.39 Å². The lowest BCUT2D eigenvalue weighted by Crippen LogP contribution is -2.19. The van der Waals surface area contributed by atoms with Crippen LogP contribution >= 0.6 is 0 Å². The standard InChI is InChI=1S/C20H14F2N4O2/c21-12-8-13(22)10-15(9-12)25-20(27)24-14-6-4-11(5-7-14)16-2-1-3-17-18(16)19(23)26-28-17/h1-10H,(H2,23,26)(H2,24,25,27). The highest BCUT2D eigenvalue weighted by molar-refractivity contribution is 6.02. The molecular weight excluding hydrogens is 366 g/mol. The molecule has 0 unspecified atom stereocenters. The Hall–Kier alpha value is -3.94.